The average Bonchev–Trinajstić information content (AvgIpc) is 3.38. The van der Waals surface area contributed by atoms with Crippen molar-refractivity contribution in [3.63, 3.8) is 0 Å². The first-order chi connectivity index (χ1) is 17.0. The Bertz CT molecular complexity index is 1210. The van der Waals surface area contributed by atoms with Crippen molar-refractivity contribution in [2.45, 2.75) is 19.8 Å². The Morgan fingerprint density at radius 1 is 0.914 bits per heavy atom. The van der Waals surface area contributed by atoms with Gasteiger partial charge in [-0.25, -0.2) is 0 Å². The number of rotatable bonds is 8. The van der Waals surface area contributed by atoms with E-state index in [1.807, 2.05) is 37.3 Å². The largest absolute Gasteiger partial charge is 0.493 e. The molecule has 0 spiro atoms. The van der Waals surface area contributed by atoms with E-state index in [2.05, 4.69) is 23.5 Å². The molecule has 0 bridgehead atoms. The van der Waals surface area contributed by atoms with Crippen molar-refractivity contribution in [1.29, 1.82) is 0 Å². The fourth-order valence-corrected chi connectivity index (χ4v) is 4.64. The van der Waals surface area contributed by atoms with Crippen LogP contribution >= 0.6 is 0 Å². The summed E-state index contributed by atoms with van der Waals surface area (Å²) in [5, 5.41) is 4.99. The molecule has 3 aromatic rings. The maximum absolute atomic E-state index is 12.8. The molecule has 35 heavy (non-hydrogen) atoms. The van der Waals surface area contributed by atoms with Crippen LogP contribution < -0.4 is 19.5 Å². The number of nitrogens with one attached hydrogen (secondary N) is 1. The van der Waals surface area contributed by atoms with Gasteiger partial charge >= 0.3 is 0 Å². The molecule has 1 heterocycles. The van der Waals surface area contributed by atoms with Gasteiger partial charge in [0.25, 0.3) is 0 Å². The van der Waals surface area contributed by atoms with E-state index >= 15 is 0 Å². The van der Waals surface area contributed by atoms with Crippen LogP contribution in [-0.2, 0) is 16.0 Å². The first kappa shape index (κ1) is 24.4. The molecule has 1 aliphatic heterocycles. The number of methoxy groups -OCH3 is 3. The molecule has 2 amide bonds. The van der Waals surface area contributed by atoms with Crippen LogP contribution in [0.5, 0.6) is 17.2 Å². The highest BCUT2D eigenvalue weighted by molar-refractivity contribution is 5.90. The lowest BCUT2D eigenvalue weighted by atomic mass is 9.98. The minimum atomic E-state index is -0.107. The zero-order chi connectivity index (χ0) is 24.9. The van der Waals surface area contributed by atoms with E-state index in [-0.39, 0.29) is 17.7 Å². The molecule has 7 heteroatoms. The molecule has 7 nitrogen and oxygen atoms in total. The fourth-order valence-electron chi connectivity index (χ4n) is 4.64. The number of hydrogen-bond donors (Lipinski definition) is 1. The molecule has 0 aromatic heterocycles. The van der Waals surface area contributed by atoms with E-state index in [0.29, 0.717) is 43.3 Å². The van der Waals surface area contributed by atoms with Crippen molar-refractivity contribution in [1.82, 2.24) is 10.2 Å². The lowest BCUT2D eigenvalue weighted by Crippen LogP contribution is -2.35. The van der Waals surface area contributed by atoms with Crippen molar-refractivity contribution >= 4 is 22.6 Å². The summed E-state index contributed by atoms with van der Waals surface area (Å²) < 4.78 is 16.4. The van der Waals surface area contributed by atoms with Gasteiger partial charge in [0.2, 0.25) is 17.6 Å². The minimum absolute atomic E-state index is 0.0383. The summed E-state index contributed by atoms with van der Waals surface area (Å²) in [5.41, 5.74) is 2.94. The number of ether oxygens (including phenoxy) is 3. The molecule has 1 atom stereocenters. The Balaban J connectivity index is 1.51. The first-order valence-corrected chi connectivity index (χ1v) is 11.9. The van der Waals surface area contributed by atoms with Gasteiger partial charge in [-0.1, -0.05) is 30.3 Å². The van der Waals surface area contributed by atoms with Crippen molar-refractivity contribution in [2.24, 2.45) is 5.92 Å². The molecule has 1 unspecified atom stereocenters. The van der Waals surface area contributed by atoms with Gasteiger partial charge in [-0.3, -0.25) is 9.59 Å². The number of amides is 2. The van der Waals surface area contributed by atoms with Crippen LogP contribution in [0.2, 0.25) is 0 Å². The van der Waals surface area contributed by atoms with Crippen molar-refractivity contribution in [3.8, 4) is 28.4 Å². The number of carbonyl (C=O) groups excluding carboxylic acids is 2. The molecule has 0 saturated carbocycles. The number of likely N-dealkylation sites (tertiary alicyclic amines) is 1. The quantitative estimate of drug-likeness (QED) is 0.531. The second-order valence-electron chi connectivity index (χ2n) is 8.71. The van der Waals surface area contributed by atoms with E-state index in [9.17, 15) is 9.59 Å². The Morgan fingerprint density at radius 2 is 1.60 bits per heavy atom. The molecule has 1 aliphatic rings. The molecule has 184 valence electrons. The highest BCUT2D eigenvalue weighted by Gasteiger charge is 2.30. The average molecular weight is 477 g/mol. The van der Waals surface area contributed by atoms with Crippen LogP contribution in [-0.4, -0.2) is 57.7 Å². The molecule has 0 radical (unpaired) electrons. The molecule has 1 saturated heterocycles. The van der Waals surface area contributed by atoms with E-state index in [4.69, 9.17) is 14.2 Å². The van der Waals surface area contributed by atoms with E-state index in [0.717, 1.165) is 33.9 Å². The number of nitrogens with zero attached hydrogens (tertiary/aromatic N) is 1. The molecular formula is C28H32N2O5. The monoisotopic (exact) mass is 476 g/mol. The highest BCUT2D eigenvalue weighted by Crippen LogP contribution is 2.41. The summed E-state index contributed by atoms with van der Waals surface area (Å²) in [6.07, 6.45) is 1.05. The molecule has 1 fully saturated rings. The van der Waals surface area contributed by atoms with Crippen LogP contribution in [0.3, 0.4) is 0 Å². The zero-order valence-electron chi connectivity index (χ0n) is 20.7. The maximum Gasteiger partial charge on any atom is 0.227 e. The van der Waals surface area contributed by atoms with Gasteiger partial charge in [0.15, 0.2) is 11.5 Å². The van der Waals surface area contributed by atoms with Crippen molar-refractivity contribution in [2.75, 3.05) is 41.0 Å². The zero-order valence-corrected chi connectivity index (χ0v) is 20.7. The normalized spacial score (nSPS) is 15.2. The Hall–Kier alpha value is -3.74. The summed E-state index contributed by atoms with van der Waals surface area (Å²) >= 11 is 0. The number of benzene rings is 3. The van der Waals surface area contributed by atoms with Gasteiger partial charge in [-0.15, -0.1) is 0 Å². The van der Waals surface area contributed by atoms with Gasteiger partial charge in [-0.05, 0) is 59.0 Å². The fraction of sp³-hybridized carbons (Fsp3) is 0.357. The van der Waals surface area contributed by atoms with E-state index in [1.165, 1.54) is 0 Å². The standard InChI is InChI=1S/C28H32N2O5/c1-5-29-28(32)22-10-11-30(17-22)26(31)13-18-6-7-20-14-21(9-8-19(20)12-18)23-15-24(33-2)27(35-4)25(16-23)34-3/h6-9,12,14-16,22H,5,10-11,13,17H2,1-4H3,(H,29,32). The van der Waals surface area contributed by atoms with Gasteiger partial charge < -0.3 is 24.4 Å². The third-order valence-corrected chi connectivity index (χ3v) is 6.52. The third-order valence-electron chi connectivity index (χ3n) is 6.52. The minimum Gasteiger partial charge on any atom is -0.493 e. The van der Waals surface area contributed by atoms with Gasteiger partial charge in [0, 0.05) is 19.6 Å². The number of carbonyl (C=O) groups is 2. The lowest BCUT2D eigenvalue weighted by molar-refractivity contribution is -0.130. The molecule has 3 aromatic carbocycles. The molecule has 1 N–H and O–H groups in total. The van der Waals surface area contributed by atoms with Crippen LogP contribution in [0.4, 0.5) is 0 Å². The summed E-state index contributed by atoms with van der Waals surface area (Å²) in [6.45, 7) is 3.65. The Labute approximate surface area is 206 Å². The summed E-state index contributed by atoms with van der Waals surface area (Å²) in [5.74, 6) is 1.76. The van der Waals surface area contributed by atoms with Crippen molar-refractivity contribution in [3.05, 3.63) is 54.1 Å². The predicted octanol–water partition coefficient (Wildman–Crippen LogP) is 4.06. The second kappa shape index (κ2) is 10.7. The third kappa shape index (κ3) is 5.19. The molecular weight excluding hydrogens is 444 g/mol. The number of hydrogen-bond acceptors (Lipinski definition) is 5. The molecule has 4 rings (SSSR count). The Morgan fingerprint density at radius 3 is 2.26 bits per heavy atom. The summed E-state index contributed by atoms with van der Waals surface area (Å²) in [4.78, 5) is 26.7. The number of fused-ring (bicyclic) bond motifs is 1. The SMILES string of the molecule is CCNC(=O)C1CCN(C(=O)Cc2ccc3cc(-c4cc(OC)c(OC)c(OC)c4)ccc3c2)C1. The van der Waals surface area contributed by atoms with E-state index in [1.54, 1.807) is 26.2 Å². The predicted molar refractivity (Wildman–Crippen MR) is 136 cm³/mol. The van der Waals surface area contributed by atoms with Crippen LogP contribution in [0, 0.1) is 5.92 Å². The van der Waals surface area contributed by atoms with Crippen LogP contribution in [0.15, 0.2) is 48.5 Å². The molecule has 0 aliphatic carbocycles. The van der Waals surface area contributed by atoms with Gasteiger partial charge in [0.1, 0.15) is 0 Å². The van der Waals surface area contributed by atoms with Crippen molar-refractivity contribution < 1.29 is 23.8 Å². The first-order valence-electron chi connectivity index (χ1n) is 11.9. The van der Waals surface area contributed by atoms with Gasteiger partial charge in [0.05, 0.1) is 33.7 Å². The van der Waals surface area contributed by atoms with E-state index < -0.39 is 0 Å². The van der Waals surface area contributed by atoms with Crippen LogP contribution in [0.25, 0.3) is 21.9 Å². The second-order valence-corrected chi connectivity index (χ2v) is 8.71. The smallest absolute Gasteiger partial charge is 0.227 e. The summed E-state index contributed by atoms with van der Waals surface area (Å²) in [7, 11) is 4.79. The highest BCUT2D eigenvalue weighted by atomic mass is 16.5. The maximum atomic E-state index is 12.8. The topological polar surface area (TPSA) is 77.1 Å². The van der Waals surface area contributed by atoms with Gasteiger partial charge in [-0.2, -0.15) is 0 Å². The van der Waals surface area contributed by atoms with Crippen LogP contribution in [0.1, 0.15) is 18.9 Å². The summed E-state index contributed by atoms with van der Waals surface area (Å²) in [6, 6.07) is 16.2. The lowest BCUT2D eigenvalue weighted by Gasteiger charge is -2.17. The Kier molecular flexibility index (Phi) is 7.44.